The van der Waals surface area contributed by atoms with Crippen LogP contribution in [0.15, 0.2) is 28.7 Å². The zero-order valence-corrected chi connectivity index (χ0v) is 12.6. The standard InChI is InChI=1S/C15H18N2O5/c1-20-12-6-10-11(7-13(12)21-2)16-15(19)17(14(10)18)8-9-4-3-5-22-9/h6-7,9-10H,3-5,8H2,1-2H3. The maximum Gasteiger partial charge on any atom is 0.350 e. The number of aliphatic imine (C=N–C) groups is 1. The molecular weight excluding hydrogens is 288 g/mol. The molecule has 1 fully saturated rings. The minimum Gasteiger partial charge on any atom is -0.493 e. The molecule has 3 rings (SSSR count). The molecule has 1 aliphatic carbocycles. The Hall–Kier alpha value is -2.15. The Kier molecular flexibility index (Phi) is 3.98. The number of ether oxygens (including phenoxy) is 3. The first-order valence-corrected chi connectivity index (χ1v) is 7.21. The maximum atomic E-state index is 12.6. The molecule has 3 aliphatic rings. The van der Waals surface area contributed by atoms with E-state index in [1.807, 2.05) is 0 Å². The molecule has 2 heterocycles. The second kappa shape index (κ2) is 5.92. The van der Waals surface area contributed by atoms with Gasteiger partial charge in [-0.1, -0.05) is 0 Å². The van der Waals surface area contributed by atoms with E-state index in [2.05, 4.69) is 4.99 Å². The van der Waals surface area contributed by atoms with Gasteiger partial charge in [-0.3, -0.25) is 9.69 Å². The summed E-state index contributed by atoms with van der Waals surface area (Å²) < 4.78 is 15.9. The molecule has 0 aromatic heterocycles. The van der Waals surface area contributed by atoms with Crippen LogP contribution in [0, 0.1) is 5.92 Å². The maximum absolute atomic E-state index is 12.6. The van der Waals surface area contributed by atoms with Gasteiger partial charge in [0.2, 0.25) is 5.91 Å². The van der Waals surface area contributed by atoms with E-state index in [1.54, 1.807) is 12.2 Å². The lowest BCUT2D eigenvalue weighted by Gasteiger charge is -2.31. The molecule has 2 atom stereocenters. The summed E-state index contributed by atoms with van der Waals surface area (Å²) in [5.74, 6) is -0.00343. The number of nitrogens with zero attached hydrogens (tertiary/aromatic N) is 2. The molecule has 2 unspecified atom stereocenters. The fourth-order valence-electron chi connectivity index (χ4n) is 2.83. The van der Waals surface area contributed by atoms with Crippen molar-refractivity contribution in [3.05, 3.63) is 23.7 Å². The highest BCUT2D eigenvalue weighted by Gasteiger charge is 2.39. The van der Waals surface area contributed by atoms with Gasteiger partial charge in [0.05, 0.1) is 32.6 Å². The van der Waals surface area contributed by atoms with Crippen LogP contribution in [0.25, 0.3) is 0 Å². The quantitative estimate of drug-likeness (QED) is 0.781. The van der Waals surface area contributed by atoms with Crippen LogP contribution in [-0.4, -0.2) is 56.0 Å². The van der Waals surface area contributed by atoms with Crippen molar-refractivity contribution in [2.24, 2.45) is 10.9 Å². The highest BCUT2D eigenvalue weighted by molar-refractivity contribution is 6.22. The largest absolute Gasteiger partial charge is 0.493 e. The summed E-state index contributed by atoms with van der Waals surface area (Å²) in [5, 5.41) is 0. The van der Waals surface area contributed by atoms with E-state index in [1.165, 1.54) is 19.1 Å². The van der Waals surface area contributed by atoms with Crippen molar-refractivity contribution in [2.45, 2.75) is 18.9 Å². The summed E-state index contributed by atoms with van der Waals surface area (Å²) in [6, 6.07) is -0.548. The van der Waals surface area contributed by atoms with Gasteiger partial charge in [-0.2, -0.15) is 4.99 Å². The van der Waals surface area contributed by atoms with Gasteiger partial charge in [0.1, 0.15) is 5.92 Å². The molecule has 1 saturated heterocycles. The van der Waals surface area contributed by atoms with Crippen molar-refractivity contribution in [1.29, 1.82) is 0 Å². The van der Waals surface area contributed by atoms with Gasteiger partial charge in [0.25, 0.3) is 0 Å². The van der Waals surface area contributed by atoms with Crippen molar-refractivity contribution in [3.8, 4) is 0 Å². The Balaban J connectivity index is 1.86. The summed E-state index contributed by atoms with van der Waals surface area (Å²) >= 11 is 0. The Morgan fingerprint density at radius 3 is 2.73 bits per heavy atom. The number of urea groups is 1. The topological polar surface area (TPSA) is 77.4 Å². The number of hydrogen-bond donors (Lipinski definition) is 0. The third kappa shape index (κ3) is 2.52. The lowest BCUT2D eigenvalue weighted by Crippen LogP contribution is -2.49. The van der Waals surface area contributed by atoms with Crippen LogP contribution >= 0.6 is 0 Å². The van der Waals surface area contributed by atoms with Crippen LogP contribution < -0.4 is 0 Å². The lowest BCUT2D eigenvalue weighted by molar-refractivity contribution is -0.130. The number of carbonyl (C=O) groups is 2. The molecule has 3 amide bonds. The van der Waals surface area contributed by atoms with E-state index in [9.17, 15) is 9.59 Å². The number of amides is 3. The second-order valence-corrected chi connectivity index (χ2v) is 5.33. The van der Waals surface area contributed by atoms with Crippen molar-refractivity contribution < 1.29 is 23.8 Å². The third-order valence-electron chi connectivity index (χ3n) is 4.00. The Morgan fingerprint density at radius 2 is 2.09 bits per heavy atom. The SMILES string of the molecule is COC1=CC2=NC(=O)N(CC3CCCO3)C(=O)C2C=C1OC. The zero-order chi connectivity index (χ0) is 15.7. The van der Waals surface area contributed by atoms with Gasteiger partial charge < -0.3 is 14.2 Å². The first-order valence-electron chi connectivity index (χ1n) is 7.21. The molecule has 7 nitrogen and oxygen atoms in total. The average molecular weight is 306 g/mol. The Bertz CT molecular complexity index is 587. The predicted molar refractivity (Wildman–Crippen MR) is 77.2 cm³/mol. The highest BCUT2D eigenvalue weighted by Crippen LogP contribution is 2.28. The van der Waals surface area contributed by atoms with Crippen LogP contribution in [0.4, 0.5) is 4.79 Å². The van der Waals surface area contributed by atoms with Crippen molar-refractivity contribution in [1.82, 2.24) is 4.90 Å². The van der Waals surface area contributed by atoms with Crippen LogP contribution in [0.3, 0.4) is 0 Å². The number of allylic oxidation sites excluding steroid dienone is 1. The fraction of sp³-hybridized carbons (Fsp3) is 0.533. The summed E-state index contributed by atoms with van der Waals surface area (Å²) in [6.45, 7) is 0.925. The zero-order valence-electron chi connectivity index (χ0n) is 12.6. The van der Waals surface area contributed by atoms with Crippen molar-refractivity contribution >= 4 is 17.6 Å². The molecule has 0 saturated carbocycles. The first kappa shape index (κ1) is 14.8. The van der Waals surface area contributed by atoms with Gasteiger partial charge >= 0.3 is 6.03 Å². The second-order valence-electron chi connectivity index (χ2n) is 5.33. The lowest BCUT2D eigenvalue weighted by atomic mass is 9.93. The minimum atomic E-state index is -0.618. The molecule has 2 aliphatic heterocycles. The molecular formula is C15H18N2O5. The van der Waals surface area contributed by atoms with Crippen LogP contribution in [0.2, 0.25) is 0 Å². The molecule has 118 valence electrons. The van der Waals surface area contributed by atoms with Crippen LogP contribution in [-0.2, 0) is 19.0 Å². The molecule has 0 radical (unpaired) electrons. The van der Waals surface area contributed by atoms with E-state index >= 15 is 0 Å². The van der Waals surface area contributed by atoms with Crippen molar-refractivity contribution in [2.75, 3.05) is 27.4 Å². The monoisotopic (exact) mass is 306 g/mol. The van der Waals surface area contributed by atoms with E-state index in [-0.39, 0.29) is 18.6 Å². The van der Waals surface area contributed by atoms with Gasteiger partial charge in [0.15, 0.2) is 11.5 Å². The fourth-order valence-corrected chi connectivity index (χ4v) is 2.83. The van der Waals surface area contributed by atoms with E-state index in [0.717, 1.165) is 12.8 Å². The van der Waals surface area contributed by atoms with Gasteiger partial charge in [-0.15, -0.1) is 0 Å². The first-order chi connectivity index (χ1) is 10.6. The molecule has 0 aromatic carbocycles. The highest BCUT2D eigenvalue weighted by atomic mass is 16.5. The summed E-state index contributed by atoms with van der Waals surface area (Å²) in [5.41, 5.74) is 0.385. The molecule has 0 spiro atoms. The number of rotatable bonds is 4. The number of methoxy groups -OCH3 is 2. The normalized spacial score (nSPS) is 27.9. The summed E-state index contributed by atoms with van der Waals surface area (Å²) in [6.07, 6.45) is 4.92. The molecule has 22 heavy (non-hydrogen) atoms. The van der Waals surface area contributed by atoms with Gasteiger partial charge in [-0.25, -0.2) is 4.79 Å². The van der Waals surface area contributed by atoms with Gasteiger partial charge in [0, 0.05) is 12.7 Å². The number of carbonyl (C=O) groups excluding carboxylic acids is 2. The third-order valence-corrected chi connectivity index (χ3v) is 4.00. The number of fused-ring (bicyclic) bond motifs is 1. The molecule has 0 bridgehead atoms. The van der Waals surface area contributed by atoms with Gasteiger partial charge in [-0.05, 0) is 18.9 Å². The smallest absolute Gasteiger partial charge is 0.350 e. The molecule has 0 N–H and O–H groups in total. The number of hydrogen-bond acceptors (Lipinski definition) is 5. The molecule has 0 aromatic rings. The number of imide groups is 1. The summed E-state index contributed by atoms with van der Waals surface area (Å²) in [4.78, 5) is 29.9. The van der Waals surface area contributed by atoms with Crippen LogP contribution in [0.1, 0.15) is 12.8 Å². The average Bonchev–Trinajstić information content (AvgIpc) is 3.03. The summed E-state index contributed by atoms with van der Waals surface area (Å²) in [7, 11) is 3.00. The van der Waals surface area contributed by atoms with E-state index < -0.39 is 11.9 Å². The Morgan fingerprint density at radius 1 is 1.32 bits per heavy atom. The van der Waals surface area contributed by atoms with E-state index in [4.69, 9.17) is 14.2 Å². The Labute approximate surface area is 128 Å². The molecule has 7 heteroatoms. The van der Waals surface area contributed by atoms with E-state index in [0.29, 0.717) is 23.8 Å². The van der Waals surface area contributed by atoms with Crippen LogP contribution in [0.5, 0.6) is 0 Å². The minimum absolute atomic E-state index is 0.0933. The predicted octanol–water partition coefficient (Wildman–Crippen LogP) is 1.26. The van der Waals surface area contributed by atoms with Crippen molar-refractivity contribution in [3.63, 3.8) is 0 Å².